The fourth-order valence-corrected chi connectivity index (χ4v) is 5.44. The molecule has 8 heteroatoms. The minimum absolute atomic E-state index is 0.0139. The Labute approximate surface area is 209 Å². The van der Waals surface area contributed by atoms with Crippen LogP contribution < -0.4 is 15.4 Å². The molecule has 0 radical (unpaired) electrons. The van der Waals surface area contributed by atoms with E-state index in [4.69, 9.17) is 0 Å². The first-order valence-electron chi connectivity index (χ1n) is 12.3. The molecule has 3 rings (SSSR count). The summed E-state index contributed by atoms with van der Waals surface area (Å²) in [6.07, 6.45) is 6.24. The van der Waals surface area contributed by atoms with Crippen molar-refractivity contribution in [1.82, 2.24) is 15.4 Å². The second-order valence-corrected chi connectivity index (χ2v) is 12.0. The number of carbonyl (C=O) groups excluding carboxylic acids is 2. The van der Waals surface area contributed by atoms with Crippen LogP contribution in [0.4, 0.5) is 0 Å². The first-order chi connectivity index (χ1) is 16.5. The maximum Gasteiger partial charge on any atom is 0.251 e. The van der Waals surface area contributed by atoms with Gasteiger partial charge in [0.25, 0.3) is 5.91 Å². The highest BCUT2D eigenvalue weighted by atomic mass is 32.2. The van der Waals surface area contributed by atoms with E-state index in [1.165, 1.54) is 30.7 Å². The van der Waals surface area contributed by atoms with Gasteiger partial charge in [0, 0.05) is 17.1 Å². The van der Waals surface area contributed by atoms with Crippen molar-refractivity contribution in [2.24, 2.45) is 0 Å². The normalized spacial score (nSPS) is 15.9. The molecule has 1 fully saturated rings. The molecule has 1 aliphatic carbocycles. The fraction of sp³-hybridized carbons (Fsp3) is 0.481. The van der Waals surface area contributed by atoms with Crippen LogP contribution in [0.25, 0.3) is 0 Å². The Morgan fingerprint density at radius 3 is 2.17 bits per heavy atom. The van der Waals surface area contributed by atoms with E-state index in [-0.39, 0.29) is 22.8 Å². The third-order valence-electron chi connectivity index (χ3n) is 6.04. The molecule has 1 aliphatic rings. The summed E-state index contributed by atoms with van der Waals surface area (Å²) in [5.74, 6) is -0.570. The van der Waals surface area contributed by atoms with Gasteiger partial charge in [0.1, 0.15) is 6.04 Å². The number of nitrogens with one attached hydrogen (secondary N) is 3. The van der Waals surface area contributed by atoms with Crippen LogP contribution in [0.5, 0.6) is 0 Å². The molecule has 0 bridgehead atoms. The summed E-state index contributed by atoms with van der Waals surface area (Å²) in [5.41, 5.74) is 0.940. The lowest BCUT2D eigenvalue weighted by Crippen LogP contribution is -2.52. The highest BCUT2D eigenvalue weighted by Crippen LogP contribution is 2.19. The molecule has 35 heavy (non-hydrogen) atoms. The van der Waals surface area contributed by atoms with Gasteiger partial charge in [-0.1, -0.05) is 49.6 Å². The molecule has 0 aromatic heterocycles. The zero-order chi connectivity index (χ0) is 25.5. The van der Waals surface area contributed by atoms with Gasteiger partial charge in [-0.05, 0) is 76.3 Å². The monoisotopic (exact) mass is 499 g/mol. The minimum atomic E-state index is -3.98. The quantitative estimate of drug-likeness (QED) is 0.486. The van der Waals surface area contributed by atoms with Crippen LogP contribution in [-0.4, -0.2) is 37.9 Å². The molecule has 3 N–H and O–H groups in total. The second kappa shape index (κ2) is 11.8. The van der Waals surface area contributed by atoms with E-state index in [9.17, 15) is 18.0 Å². The van der Waals surface area contributed by atoms with Crippen LogP contribution in [0.2, 0.25) is 0 Å². The highest BCUT2D eigenvalue weighted by Gasteiger charge is 2.28. The Kier molecular flexibility index (Phi) is 9.08. The predicted molar refractivity (Wildman–Crippen MR) is 138 cm³/mol. The van der Waals surface area contributed by atoms with Crippen molar-refractivity contribution in [3.8, 4) is 0 Å². The molecule has 0 aliphatic heterocycles. The van der Waals surface area contributed by atoms with Crippen LogP contribution in [-0.2, 0) is 21.2 Å². The van der Waals surface area contributed by atoms with Crippen molar-refractivity contribution >= 4 is 21.8 Å². The van der Waals surface area contributed by atoms with Gasteiger partial charge in [-0.2, -0.15) is 4.72 Å². The molecular formula is C27H37N3O4S. The Hall–Kier alpha value is -2.71. The molecule has 0 heterocycles. The number of rotatable bonds is 9. The number of hydrogen-bond donors (Lipinski definition) is 3. The van der Waals surface area contributed by atoms with Gasteiger partial charge < -0.3 is 10.6 Å². The van der Waals surface area contributed by atoms with E-state index in [2.05, 4.69) is 15.4 Å². The zero-order valence-electron chi connectivity index (χ0n) is 20.8. The molecular weight excluding hydrogens is 462 g/mol. The van der Waals surface area contributed by atoms with E-state index in [0.717, 1.165) is 31.2 Å². The van der Waals surface area contributed by atoms with Crippen LogP contribution in [0.1, 0.15) is 75.2 Å². The Morgan fingerprint density at radius 1 is 0.943 bits per heavy atom. The average Bonchev–Trinajstić information content (AvgIpc) is 2.82. The molecule has 7 nitrogen and oxygen atoms in total. The number of aryl methyl sites for hydroxylation is 1. The van der Waals surface area contributed by atoms with E-state index in [1.54, 1.807) is 0 Å². The van der Waals surface area contributed by atoms with E-state index < -0.39 is 21.6 Å². The van der Waals surface area contributed by atoms with E-state index >= 15 is 0 Å². The van der Waals surface area contributed by atoms with E-state index in [1.807, 2.05) is 51.1 Å². The van der Waals surface area contributed by atoms with Crippen molar-refractivity contribution in [1.29, 1.82) is 0 Å². The molecule has 2 aromatic rings. The van der Waals surface area contributed by atoms with Crippen LogP contribution in [0.15, 0.2) is 59.5 Å². The standard InChI is InChI=1S/C27H37N3O4S/c1-27(2,3)29-26(32)24(19-14-20-10-6-4-7-11-20)30-35(33,34)23-17-15-21(16-18-23)25(31)28-22-12-8-5-9-13-22/h4,6-7,10-11,15-18,22,24,30H,5,8-9,12-14,19H2,1-3H3,(H,28,31)(H,29,32). The SMILES string of the molecule is CC(C)(C)NC(=O)C(CCc1ccccc1)NS(=O)(=O)c1ccc(C(=O)NC2CCCCC2)cc1. The third kappa shape index (κ3) is 8.47. The molecule has 1 unspecified atom stereocenters. The van der Waals surface area contributed by atoms with Gasteiger partial charge in [-0.15, -0.1) is 0 Å². The highest BCUT2D eigenvalue weighted by molar-refractivity contribution is 7.89. The first kappa shape index (κ1) is 26.9. The van der Waals surface area contributed by atoms with Crippen LogP contribution >= 0.6 is 0 Å². The van der Waals surface area contributed by atoms with Crippen molar-refractivity contribution in [3.63, 3.8) is 0 Å². The molecule has 1 atom stereocenters. The summed E-state index contributed by atoms with van der Waals surface area (Å²) in [7, 11) is -3.98. The summed E-state index contributed by atoms with van der Waals surface area (Å²) in [6.45, 7) is 5.56. The number of amides is 2. The van der Waals surface area contributed by atoms with Crippen molar-refractivity contribution in [2.45, 2.75) is 88.2 Å². The molecule has 0 saturated heterocycles. The number of hydrogen-bond acceptors (Lipinski definition) is 4. The summed E-state index contributed by atoms with van der Waals surface area (Å²) >= 11 is 0. The van der Waals surface area contributed by atoms with Gasteiger partial charge in [-0.3, -0.25) is 9.59 Å². The lowest BCUT2D eigenvalue weighted by molar-refractivity contribution is -0.124. The lowest BCUT2D eigenvalue weighted by Gasteiger charge is -2.25. The van der Waals surface area contributed by atoms with Gasteiger partial charge in [-0.25, -0.2) is 8.42 Å². The van der Waals surface area contributed by atoms with Gasteiger partial charge in [0.2, 0.25) is 15.9 Å². The number of benzene rings is 2. The second-order valence-electron chi connectivity index (χ2n) is 10.3. The first-order valence-corrected chi connectivity index (χ1v) is 13.8. The summed E-state index contributed by atoms with van der Waals surface area (Å²) in [4.78, 5) is 25.5. The fourth-order valence-electron chi connectivity index (χ4n) is 4.21. The Balaban J connectivity index is 1.70. The molecule has 2 aromatic carbocycles. The maximum atomic E-state index is 13.1. The van der Waals surface area contributed by atoms with Crippen LogP contribution in [0, 0.1) is 0 Å². The van der Waals surface area contributed by atoms with Crippen LogP contribution in [0.3, 0.4) is 0 Å². The molecule has 190 valence electrons. The topological polar surface area (TPSA) is 104 Å². The number of carbonyl (C=O) groups is 2. The summed E-state index contributed by atoms with van der Waals surface area (Å²) in [6, 6.07) is 14.7. The van der Waals surface area contributed by atoms with Gasteiger partial charge >= 0.3 is 0 Å². The summed E-state index contributed by atoms with van der Waals surface area (Å²) in [5, 5.41) is 5.91. The largest absolute Gasteiger partial charge is 0.350 e. The number of sulfonamides is 1. The Morgan fingerprint density at radius 2 is 1.57 bits per heavy atom. The van der Waals surface area contributed by atoms with Gasteiger partial charge in [0.05, 0.1) is 4.90 Å². The van der Waals surface area contributed by atoms with Crippen molar-refractivity contribution in [2.75, 3.05) is 0 Å². The van der Waals surface area contributed by atoms with E-state index in [0.29, 0.717) is 18.4 Å². The smallest absolute Gasteiger partial charge is 0.251 e. The molecule has 0 spiro atoms. The Bertz CT molecular complexity index is 1090. The molecule has 2 amide bonds. The maximum absolute atomic E-state index is 13.1. The van der Waals surface area contributed by atoms with Crippen molar-refractivity contribution < 1.29 is 18.0 Å². The average molecular weight is 500 g/mol. The summed E-state index contributed by atoms with van der Waals surface area (Å²) < 4.78 is 28.8. The third-order valence-corrected chi connectivity index (χ3v) is 7.53. The molecule has 1 saturated carbocycles. The van der Waals surface area contributed by atoms with Gasteiger partial charge in [0.15, 0.2) is 0 Å². The minimum Gasteiger partial charge on any atom is -0.350 e. The van der Waals surface area contributed by atoms with Crippen molar-refractivity contribution in [3.05, 3.63) is 65.7 Å². The predicted octanol–water partition coefficient (Wildman–Crippen LogP) is 3.94. The lowest BCUT2D eigenvalue weighted by atomic mass is 9.95. The zero-order valence-corrected chi connectivity index (χ0v) is 21.7.